The SMILES string of the molecule is CCC(n1cnc(-c2ccccc2)cc1=O)C1(O)CCN(C(=O)C(C)CC2CCCCC2)CC1. The van der Waals surface area contributed by atoms with Crippen molar-refractivity contribution in [3.63, 3.8) is 0 Å². The first-order valence-corrected chi connectivity index (χ1v) is 13.1. The number of aliphatic hydroxyl groups is 1. The number of nitrogens with zero attached hydrogens (tertiary/aromatic N) is 3. The van der Waals surface area contributed by atoms with E-state index < -0.39 is 5.60 Å². The number of carbonyl (C=O) groups is 1. The van der Waals surface area contributed by atoms with Gasteiger partial charge in [0.1, 0.15) is 0 Å². The Bertz CT molecular complexity index is 1010. The molecule has 6 nitrogen and oxygen atoms in total. The number of likely N-dealkylation sites (tertiary alicyclic amines) is 1. The van der Waals surface area contributed by atoms with Crippen LogP contribution in [0.15, 0.2) is 47.5 Å². The number of benzene rings is 1. The average Bonchev–Trinajstić information content (AvgIpc) is 2.86. The third kappa shape index (κ3) is 5.43. The number of hydrogen-bond donors (Lipinski definition) is 1. The Labute approximate surface area is 203 Å². The lowest BCUT2D eigenvalue weighted by Crippen LogP contribution is -2.53. The van der Waals surface area contributed by atoms with E-state index in [2.05, 4.69) is 11.9 Å². The largest absolute Gasteiger partial charge is 0.388 e. The van der Waals surface area contributed by atoms with E-state index in [0.29, 0.717) is 44.0 Å². The molecule has 0 bridgehead atoms. The fourth-order valence-corrected chi connectivity index (χ4v) is 6.03. The van der Waals surface area contributed by atoms with E-state index in [-0.39, 0.29) is 23.4 Å². The lowest BCUT2D eigenvalue weighted by Gasteiger charge is -2.43. The number of piperidine rings is 1. The first-order valence-electron chi connectivity index (χ1n) is 13.1. The zero-order valence-electron chi connectivity index (χ0n) is 20.7. The molecule has 34 heavy (non-hydrogen) atoms. The van der Waals surface area contributed by atoms with E-state index in [1.165, 1.54) is 32.1 Å². The molecule has 0 spiro atoms. The molecule has 1 aliphatic heterocycles. The van der Waals surface area contributed by atoms with Crippen molar-refractivity contribution in [3.05, 3.63) is 53.1 Å². The Morgan fingerprint density at radius 1 is 1.15 bits per heavy atom. The zero-order chi connectivity index (χ0) is 24.1. The van der Waals surface area contributed by atoms with Gasteiger partial charge in [-0.1, -0.05) is 76.3 Å². The van der Waals surface area contributed by atoms with E-state index in [4.69, 9.17) is 0 Å². The molecule has 1 saturated heterocycles. The van der Waals surface area contributed by atoms with Gasteiger partial charge >= 0.3 is 0 Å². The van der Waals surface area contributed by atoms with Gasteiger partial charge in [0.15, 0.2) is 0 Å². The Morgan fingerprint density at radius 2 is 1.82 bits per heavy atom. The summed E-state index contributed by atoms with van der Waals surface area (Å²) in [6.45, 7) is 5.12. The lowest BCUT2D eigenvalue weighted by molar-refractivity contribution is -0.141. The smallest absolute Gasteiger partial charge is 0.254 e. The van der Waals surface area contributed by atoms with Crippen molar-refractivity contribution in [1.29, 1.82) is 0 Å². The van der Waals surface area contributed by atoms with Crippen molar-refractivity contribution in [1.82, 2.24) is 14.5 Å². The standard InChI is InChI=1S/C28H39N3O3/c1-3-25(31-20-29-24(19-26(31)32)23-12-8-5-9-13-23)28(34)14-16-30(17-15-28)27(33)21(2)18-22-10-6-4-7-11-22/h5,8-9,12-13,19-22,25,34H,3-4,6-7,10-11,14-18H2,1-2H3. The van der Waals surface area contributed by atoms with Crippen LogP contribution in [0.1, 0.15) is 77.7 Å². The van der Waals surface area contributed by atoms with Crippen molar-refractivity contribution >= 4 is 5.91 Å². The van der Waals surface area contributed by atoms with E-state index in [1.54, 1.807) is 17.0 Å². The summed E-state index contributed by atoms with van der Waals surface area (Å²) in [6, 6.07) is 10.8. The van der Waals surface area contributed by atoms with Gasteiger partial charge in [0, 0.05) is 30.6 Å². The molecule has 6 heteroatoms. The van der Waals surface area contributed by atoms with Crippen LogP contribution >= 0.6 is 0 Å². The third-order valence-corrected chi connectivity index (χ3v) is 8.02. The molecule has 1 aliphatic carbocycles. The number of amides is 1. The molecule has 1 aromatic carbocycles. The molecule has 2 aliphatic rings. The van der Waals surface area contributed by atoms with Crippen molar-refractivity contribution in [3.8, 4) is 11.3 Å². The zero-order valence-corrected chi connectivity index (χ0v) is 20.7. The van der Waals surface area contributed by atoms with Gasteiger partial charge < -0.3 is 10.0 Å². The number of carbonyl (C=O) groups excluding carboxylic acids is 1. The van der Waals surface area contributed by atoms with Crippen LogP contribution in [-0.2, 0) is 4.79 Å². The van der Waals surface area contributed by atoms with Crippen LogP contribution in [0.5, 0.6) is 0 Å². The molecular formula is C28H39N3O3. The Morgan fingerprint density at radius 3 is 2.44 bits per heavy atom. The van der Waals surface area contributed by atoms with E-state index in [9.17, 15) is 14.7 Å². The maximum Gasteiger partial charge on any atom is 0.254 e. The summed E-state index contributed by atoms with van der Waals surface area (Å²) in [7, 11) is 0. The minimum Gasteiger partial charge on any atom is -0.388 e. The second kappa shape index (κ2) is 10.9. The van der Waals surface area contributed by atoms with E-state index in [0.717, 1.165) is 12.0 Å². The van der Waals surface area contributed by atoms with Crippen molar-refractivity contribution < 1.29 is 9.90 Å². The van der Waals surface area contributed by atoms with Gasteiger partial charge in [-0.2, -0.15) is 0 Å². The highest BCUT2D eigenvalue weighted by Crippen LogP contribution is 2.36. The molecule has 1 N–H and O–H groups in total. The molecule has 2 aromatic rings. The van der Waals surface area contributed by atoms with Crippen LogP contribution in [0.4, 0.5) is 0 Å². The summed E-state index contributed by atoms with van der Waals surface area (Å²) in [5.41, 5.74) is 0.343. The topological polar surface area (TPSA) is 75.4 Å². The molecule has 1 amide bonds. The van der Waals surface area contributed by atoms with Gasteiger partial charge in [-0.3, -0.25) is 14.2 Å². The number of rotatable bonds is 7. The first-order chi connectivity index (χ1) is 16.4. The van der Waals surface area contributed by atoms with Crippen LogP contribution in [0, 0.1) is 11.8 Å². The van der Waals surface area contributed by atoms with Gasteiger partial charge in [-0.05, 0) is 31.6 Å². The van der Waals surface area contributed by atoms with E-state index >= 15 is 0 Å². The maximum absolute atomic E-state index is 13.1. The second-order valence-corrected chi connectivity index (χ2v) is 10.4. The molecule has 1 saturated carbocycles. The first kappa shape index (κ1) is 24.6. The molecule has 2 fully saturated rings. The van der Waals surface area contributed by atoms with Crippen LogP contribution in [0.2, 0.25) is 0 Å². The quantitative estimate of drug-likeness (QED) is 0.636. The molecule has 2 unspecified atom stereocenters. The maximum atomic E-state index is 13.1. The lowest BCUT2D eigenvalue weighted by atomic mass is 9.81. The molecule has 184 valence electrons. The fraction of sp³-hybridized carbons (Fsp3) is 0.607. The highest BCUT2D eigenvalue weighted by atomic mass is 16.3. The van der Waals surface area contributed by atoms with Gasteiger partial charge in [0.05, 0.1) is 23.7 Å². The van der Waals surface area contributed by atoms with Crippen LogP contribution in [0.3, 0.4) is 0 Å². The third-order valence-electron chi connectivity index (χ3n) is 8.02. The second-order valence-electron chi connectivity index (χ2n) is 10.4. The number of aromatic nitrogens is 2. The van der Waals surface area contributed by atoms with Gasteiger partial charge in [0.2, 0.25) is 5.91 Å². The highest BCUT2D eigenvalue weighted by molar-refractivity contribution is 5.78. The summed E-state index contributed by atoms with van der Waals surface area (Å²) < 4.78 is 1.58. The van der Waals surface area contributed by atoms with Gasteiger partial charge in [0.25, 0.3) is 5.56 Å². The Kier molecular flexibility index (Phi) is 7.87. The summed E-state index contributed by atoms with van der Waals surface area (Å²) >= 11 is 0. The predicted octanol–water partition coefficient (Wildman–Crippen LogP) is 4.82. The molecule has 0 radical (unpaired) electrons. The fourth-order valence-electron chi connectivity index (χ4n) is 6.03. The molecule has 4 rings (SSSR count). The van der Waals surface area contributed by atoms with Crippen molar-refractivity contribution in [2.24, 2.45) is 11.8 Å². The summed E-state index contributed by atoms with van der Waals surface area (Å²) in [4.78, 5) is 32.5. The molecule has 2 heterocycles. The molecule has 2 atom stereocenters. The predicted molar refractivity (Wildman–Crippen MR) is 134 cm³/mol. The van der Waals surface area contributed by atoms with Gasteiger partial charge in [-0.15, -0.1) is 0 Å². The summed E-state index contributed by atoms with van der Waals surface area (Å²) in [5, 5.41) is 11.6. The van der Waals surface area contributed by atoms with Crippen molar-refractivity contribution in [2.75, 3.05) is 13.1 Å². The monoisotopic (exact) mass is 465 g/mol. The van der Waals surface area contributed by atoms with Crippen LogP contribution in [-0.4, -0.2) is 44.2 Å². The minimum atomic E-state index is -1.03. The van der Waals surface area contributed by atoms with Crippen LogP contribution in [0.25, 0.3) is 11.3 Å². The number of hydrogen-bond acceptors (Lipinski definition) is 4. The summed E-state index contributed by atoms with van der Waals surface area (Å²) in [5.74, 6) is 0.928. The normalized spacial score (nSPS) is 20.6. The van der Waals surface area contributed by atoms with E-state index in [1.807, 2.05) is 42.2 Å². The minimum absolute atomic E-state index is 0.0358. The average molecular weight is 466 g/mol. The van der Waals surface area contributed by atoms with Crippen molar-refractivity contribution in [2.45, 2.75) is 83.3 Å². The molecule has 1 aromatic heterocycles. The van der Waals surface area contributed by atoms with Gasteiger partial charge in [-0.25, -0.2) is 4.98 Å². The molecular weight excluding hydrogens is 426 g/mol. The summed E-state index contributed by atoms with van der Waals surface area (Å²) in [6.07, 6.45) is 10.5. The highest BCUT2D eigenvalue weighted by Gasteiger charge is 2.42. The Balaban J connectivity index is 1.41. The van der Waals surface area contributed by atoms with Crippen LogP contribution < -0.4 is 5.56 Å². The Hall–Kier alpha value is -2.47.